The lowest BCUT2D eigenvalue weighted by atomic mass is 10.2. The quantitative estimate of drug-likeness (QED) is 0.939. The van der Waals surface area contributed by atoms with E-state index in [4.69, 9.17) is 10.5 Å². The van der Waals surface area contributed by atoms with Crippen LogP contribution in [0.2, 0.25) is 0 Å². The summed E-state index contributed by atoms with van der Waals surface area (Å²) in [6.07, 6.45) is -1.59. The van der Waals surface area contributed by atoms with E-state index in [2.05, 4.69) is 5.10 Å². The van der Waals surface area contributed by atoms with Gasteiger partial charge in [-0.1, -0.05) is 12.1 Å². The minimum Gasteiger partial charge on any atom is -0.453 e. The predicted octanol–water partition coefficient (Wildman–Crippen LogP) is 3.04. The normalized spacial score (nSPS) is 13.2. The van der Waals surface area contributed by atoms with Gasteiger partial charge in [0.25, 0.3) is 0 Å². The van der Waals surface area contributed by atoms with Crippen molar-refractivity contribution in [3.8, 4) is 11.5 Å². The molecule has 1 atom stereocenters. The zero-order chi connectivity index (χ0) is 14.8. The maximum Gasteiger partial charge on any atom is 0.419 e. The predicted molar refractivity (Wildman–Crippen MR) is 67.4 cm³/mol. The fourth-order valence-electron chi connectivity index (χ4n) is 1.71. The Bertz CT molecular complexity index is 578. The molecule has 0 radical (unpaired) electrons. The minimum absolute atomic E-state index is 0.106. The number of nitrogens with zero attached hydrogens (tertiary/aromatic N) is 2. The number of hydrogen-bond acceptors (Lipinski definition) is 3. The van der Waals surface area contributed by atoms with Crippen molar-refractivity contribution in [1.29, 1.82) is 0 Å². The molecule has 2 aromatic rings. The molecule has 2 N–H and O–H groups in total. The van der Waals surface area contributed by atoms with Gasteiger partial charge in [0, 0.05) is 6.04 Å². The number of aromatic nitrogens is 2. The highest BCUT2D eigenvalue weighted by Crippen LogP contribution is 2.37. The van der Waals surface area contributed by atoms with Gasteiger partial charge in [-0.2, -0.15) is 18.3 Å². The van der Waals surface area contributed by atoms with Gasteiger partial charge in [0.15, 0.2) is 5.75 Å². The Morgan fingerprint density at radius 2 is 2.05 bits per heavy atom. The molecule has 7 heteroatoms. The molecule has 1 unspecified atom stereocenters. The van der Waals surface area contributed by atoms with Gasteiger partial charge < -0.3 is 10.5 Å². The van der Waals surface area contributed by atoms with Crippen molar-refractivity contribution in [3.63, 3.8) is 0 Å². The number of ether oxygens (including phenoxy) is 1. The second-order valence-electron chi connectivity index (χ2n) is 4.47. The van der Waals surface area contributed by atoms with Crippen LogP contribution in [0.4, 0.5) is 13.2 Å². The van der Waals surface area contributed by atoms with Crippen LogP contribution in [-0.2, 0) is 12.7 Å². The second kappa shape index (κ2) is 5.54. The molecule has 0 aliphatic carbocycles. The van der Waals surface area contributed by atoms with Crippen LogP contribution in [0.5, 0.6) is 11.5 Å². The summed E-state index contributed by atoms with van der Waals surface area (Å²) in [5.74, 6) is -0.0114. The molecule has 0 saturated carbocycles. The smallest absolute Gasteiger partial charge is 0.419 e. The molecule has 0 bridgehead atoms. The van der Waals surface area contributed by atoms with Crippen molar-refractivity contribution < 1.29 is 17.9 Å². The summed E-state index contributed by atoms with van der Waals surface area (Å²) in [5.41, 5.74) is 4.80. The van der Waals surface area contributed by atoms with Crippen LogP contribution in [0.15, 0.2) is 36.7 Å². The van der Waals surface area contributed by atoms with Gasteiger partial charge in [0.2, 0.25) is 0 Å². The molecule has 1 heterocycles. The molecule has 0 fully saturated rings. The standard InChI is InChI=1S/C13H14F3N3O/c1-9(17)7-19-8-10(6-18-19)20-12-5-3-2-4-11(12)13(14,15)16/h2-6,8-9H,7,17H2,1H3. The van der Waals surface area contributed by atoms with Crippen LogP contribution in [0, 0.1) is 0 Å². The number of halogens is 3. The zero-order valence-corrected chi connectivity index (χ0v) is 10.8. The summed E-state index contributed by atoms with van der Waals surface area (Å²) in [4.78, 5) is 0. The molecular weight excluding hydrogens is 271 g/mol. The van der Waals surface area contributed by atoms with Crippen molar-refractivity contribution in [2.75, 3.05) is 0 Å². The van der Waals surface area contributed by atoms with Gasteiger partial charge in [-0.15, -0.1) is 0 Å². The summed E-state index contributed by atoms with van der Waals surface area (Å²) in [5, 5.41) is 3.97. The summed E-state index contributed by atoms with van der Waals surface area (Å²) in [6.45, 7) is 2.27. The van der Waals surface area contributed by atoms with Crippen LogP contribution in [0.3, 0.4) is 0 Å². The third-order valence-electron chi connectivity index (χ3n) is 2.50. The highest BCUT2D eigenvalue weighted by Gasteiger charge is 2.34. The Balaban J connectivity index is 2.20. The summed E-state index contributed by atoms with van der Waals surface area (Å²) < 4.78 is 45.2. The van der Waals surface area contributed by atoms with Crippen molar-refractivity contribution in [3.05, 3.63) is 42.2 Å². The Morgan fingerprint density at radius 1 is 1.35 bits per heavy atom. The van der Waals surface area contributed by atoms with E-state index in [1.54, 1.807) is 6.92 Å². The van der Waals surface area contributed by atoms with E-state index in [1.807, 2.05) is 0 Å². The second-order valence-corrected chi connectivity index (χ2v) is 4.47. The van der Waals surface area contributed by atoms with E-state index in [-0.39, 0.29) is 17.5 Å². The summed E-state index contributed by atoms with van der Waals surface area (Å²) in [6, 6.07) is 4.93. The SMILES string of the molecule is CC(N)Cn1cc(Oc2ccccc2C(F)(F)F)cn1. The van der Waals surface area contributed by atoms with Gasteiger partial charge in [0.05, 0.1) is 24.5 Å². The van der Waals surface area contributed by atoms with Crippen LogP contribution < -0.4 is 10.5 Å². The molecule has 0 spiro atoms. The lowest BCUT2D eigenvalue weighted by molar-refractivity contribution is -0.138. The van der Waals surface area contributed by atoms with E-state index in [9.17, 15) is 13.2 Å². The highest BCUT2D eigenvalue weighted by atomic mass is 19.4. The molecule has 0 aliphatic heterocycles. The highest BCUT2D eigenvalue weighted by molar-refractivity contribution is 5.38. The molecule has 20 heavy (non-hydrogen) atoms. The van der Waals surface area contributed by atoms with Gasteiger partial charge in [-0.05, 0) is 19.1 Å². The molecule has 4 nitrogen and oxygen atoms in total. The molecule has 108 valence electrons. The Labute approximate surface area is 114 Å². The van der Waals surface area contributed by atoms with Gasteiger partial charge in [-0.25, -0.2) is 0 Å². The third kappa shape index (κ3) is 3.51. The maximum absolute atomic E-state index is 12.8. The lowest BCUT2D eigenvalue weighted by Crippen LogP contribution is -2.22. The fraction of sp³-hybridized carbons (Fsp3) is 0.308. The van der Waals surface area contributed by atoms with Crippen molar-refractivity contribution in [2.45, 2.75) is 25.7 Å². The van der Waals surface area contributed by atoms with E-state index in [0.29, 0.717) is 6.54 Å². The van der Waals surface area contributed by atoms with Gasteiger partial charge in [0.1, 0.15) is 5.75 Å². The Morgan fingerprint density at radius 3 is 2.70 bits per heavy atom. The van der Waals surface area contributed by atoms with Crippen LogP contribution in [-0.4, -0.2) is 15.8 Å². The topological polar surface area (TPSA) is 53.1 Å². The maximum atomic E-state index is 12.8. The van der Waals surface area contributed by atoms with E-state index in [0.717, 1.165) is 6.07 Å². The van der Waals surface area contributed by atoms with E-state index in [1.165, 1.54) is 35.3 Å². The molecule has 0 saturated heterocycles. The summed E-state index contributed by atoms with van der Waals surface area (Å²) in [7, 11) is 0. The first-order chi connectivity index (χ1) is 9.36. The Hall–Kier alpha value is -2.02. The van der Waals surface area contributed by atoms with Crippen molar-refractivity contribution in [1.82, 2.24) is 9.78 Å². The van der Waals surface area contributed by atoms with E-state index < -0.39 is 11.7 Å². The van der Waals surface area contributed by atoms with Gasteiger partial charge in [-0.3, -0.25) is 4.68 Å². The van der Waals surface area contributed by atoms with Crippen LogP contribution >= 0.6 is 0 Å². The minimum atomic E-state index is -4.46. The van der Waals surface area contributed by atoms with Crippen LogP contribution in [0.1, 0.15) is 12.5 Å². The average molecular weight is 285 g/mol. The molecule has 2 rings (SSSR count). The molecule has 0 aliphatic rings. The number of alkyl halides is 3. The zero-order valence-electron chi connectivity index (χ0n) is 10.8. The number of rotatable bonds is 4. The molecule has 1 aromatic carbocycles. The van der Waals surface area contributed by atoms with Gasteiger partial charge >= 0.3 is 6.18 Å². The molecular formula is C13H14F3N3O. The Kier molecular flexibility index (Phi) is 3.99. The number of nitrogens with two attached hydrogens (primary N) is 1. The molecule has 0 amide bonds. The first-order valence-corrected chi connectivity index (χ1v) is 5.98. The number of hydrogen-bond donors (Lipinski definition) is 1. The summed E-state index contributed by atoms with van der Waals surface area (Å²) >= 11 is 0. The van der Waals surface area contributed by atoms with Crippen molar-refractivity contribution in [2.24, 2.45) is 5.73 Å². The van der Waals surface area contributed by atoms with Crippen LogP contribution in [0.25, 0.3) is 0 Å². The number of para-hydroxylation sites is 1. The first kappa shape index (κ1) is 14.4. The first-order valence-electron chi connectivity index (χ1n) is 5.98. The number of benzene rings is 1. The largest absolute Gasteiger partial charge is 0.453 e. The monoisotopic (exact) mass is 285 g/mol. The van der Waals surface area contributed by atoms with E-state index >= 15 is 0 Å². The average Bonchev–Trinajstić information content (AvgIpc) is 2.75. The third-order valence-corrected chi connectivity index (χ3v) is 2.50. The molecule has 1 aromatic heterocycles. The van der Waals surface area contributed by atoms with Crippen molar-refractivity contribution >= 4 is 0 Å². The lowest BCUT2D eigenvalue weighted by Gasteiger charge is -2.12. The fourth-order valence-corrected chi connectivity index (χ4v) is 1.71.